The second-order valence-electron chi connectivity index (χ2n) is 8.31. The summed E-state index contributed by atoms with van der Waals surface area (Å²) in [6.45, 7) is 1.17. The van der Waals surface area contributed by atoms with E-state index in [2.05, 4.69) is 21.0 Å². The van der Waals surface area contributed by atoms with Gasteiger partial charge in [-0.05, 0) is 31.0 Å². The lowest BCUT2D eigenvalue weighted by Gasteiger charge is -2.33. The largest absolute Gasteiger partial charge is 0.487 e. The smallest absolute Gasteiger partial charge is 0.183 e. The first-order valence-corrected chi connectivity index (χ1v) is 10.7. The Morgan fingerprint density at radius 1 is 1.12 bits per heavy atom. The van der Waals surface area contributed by atoms with Gasteiger partial charge in [0.05, 0.1) is 18.0 Å². The van der Waals surface area contributed by atoms with Crippen molar-refractivity contribution < 1.29 is 13.5 Å². The molecule has 2 N–H and O–H groups in total. The summed E-state index contributed by atoms with van der Waals surface area (Å²) in [5, 5.41) is 9.58. The third-order valence-corrected chi connectivity index (χ3v) is 6.03. The van der Waals surface area contributed by atoms with Crippen LogP contribution in [0.5, 0.6) is 5.75 Å². The van der Waals surface area contributed by atoms with Gasteiger partial charge in [0, 0.05) is 38.2 Å². The van der Waals surface area contributed by atoms with Crippen LogP contribution in [0.2, 0.25) is 0 Å². The van der Waals surface area contributed by atoms with E-state index in [0.29, 0.717) is 54.8 Å². The first-order valence-electron chi connectivity index (χ1n) is 10.7. The Bertz CT molecular complexity index is 1230. The first kappa shape index (κ1) is 21.0. The van der Waals surface area contributed by atoms with Gasteiger partial charge in [0.2, 0.25) is 0 Å². The van der Waals surface area contributed by atoms with Crippen LogP contribution in [0.3, 0.4) is 0 Å². The van der Waals surface area contributed by atoms with Gasteiger partial charge in [-0.2, -0.15) is 5.26 Å². The number of ether oxygens (including phenoxy) is 1. The highest BCUT2D eigenvalue weighted by atomic mass is 19.1. The van der Waals surface area contributed by atoms with E-state index in [1.165, 1.54) is 12.1 Å². The summed E-state index contributed by atoms with van der Waals surface area (Å²) in [5.41, 5.74) is 6.36. The number of benzene rings is 1. The second kappa shape index (κ2) is 8.24. The molecule has 1 aliphatic heterocycles. The molecule has 1 aromatic carbocycles. The maximum atomic E-state index is 13.9. The fourth-order valence-corrected chi connectivity index (χ4v) is 3.97. The summed E-state index contributed by atoms with van der Waals surface area (Å²) >= 11 is 0. The van der Waals surface area contributed by atoms with Crippen molar-refractivity contribution in [1.29, 1.82) is 5.26 Å². The Hall–Kier alpha value is -3.87. The molecule has 33 heavy (non-hydrogen) atoms. The monoisotopic (exact) mass is 449 g/mol. The topological polar surface area (TPSA) is 114 Å². The molecule has 168 valence electrons. The molecule has 0 unspecified atom stereocenters. The zero-order valence-electron chi connectivity index (χ0n) is 17.7. The molecule has 8 nitrogen and oxygen atoms in total. The normalized spacial score (nSPS) is 17.4. The van der Waals surface area contributed by atoms with Gasteiger partial charge in [-0.1, -0.05) is 0 Å². The molecular formula is C23H21F2N7O. The van der Waals surface area contributed by atoms with Crippen molar-refractivity contribution in [2.45, 2.75) is 37.2 Å². The number of anilines is 2. The maximum absolute atomic E-state index is 13.9. The summed E-state index contributed by atoms with van der Waals surface area (Å²) < 4.78 is 32.9. The van der Waals surface area contributed by atoms with Gasteiger partial charge in [0.25, 0.3) is 0 Å². The molecule has 0 atom stereocenters. The van der Waals surface area contributed by atoms with Crippen LogP contribution in [0.4, 0.5) is 20.4 Å². The zero-order chi connectivity index (χ0) is 23.0. The standard InChI is InChI=1S/C23H21F2N7O/c24-14-1-2-17(16(25)11-14)33-15-4-9-32(10-5-15)22-20(21-28-8-3-19(27)31-21)30-18(12-29-22)23(13-26)6-7-23/h1-3,8,11-12,15H,4-7,9-10H2,(H2,27,28,31). The number of aromatic nitrogens is 4. The summed E-state index contributed by atoms with van der Waals surface area (Å²) in [6.07, 6.45) is 5.71. The van der Waals surface area contributed by atoms with Crippen molar-refractivity contribution in [3.63, 3.8) is 0 Å². The average molecular weight is 449 g/mol. The Morgan fingerprint density at radius 2 is 1.91 bits per heavy atom. The number of nitrogens with zero attached hydrogens (tertiary/aromatic N) is 6. The minimum Gasteiger partial charge on any atom is -0.487 e. The fraction of sp³-hybridized carbons (Fsp3) is 0.348. The SMILES string of the molecule is N#CC1(c2cnc(N3CCC(Oc4ccc(F)cc4F)CC3)c(-c3nccc(N)n3)n2)CC1. The average Bonchev–Trinajstić information content (AvgIpc) is 3.63. The van der Waals surface area contributed by atoms with Crippen LogP contribution in [0, 0.1) is 23.0 Å². The van der Waals surface area contributed by atoms with E-state index >= 15 is 0 Å². The third-order valence-electron chi connectivity index (χ3n) is 6.03. The van der Waals surface area contributed by atoms with Crippen molar-refractivity contribution in [1.82, 2.24) is 19.9 Å². The minimum atomic E-state index is -0.716. The van der Waals surface area contributed by atoms with Crippen LogP contribution >= 0.6 is 0 Å². The van der Waals surface area contributed by atoms with Gasteiger partial charge < -0.3 is 15.4 Å². The van der Waals surface area contributed by atoms with Crippen molar-refractivity contribution in [2.24, 2.45) is 0 Å². The molecule has 0 radical (unpaired) electrons. The molecule has 2 aromatic heterocycles. The fourth-order valence-electron chi connectivity index (χ4n) is 3.97. The molecule has 3 aromatic rings. The van der Waals surface area contributed by atoms with Crippen molar-refractivity contribution in [3.8, 4) is 23.3 Å². The molecule has 1 aliphatic carbocycles. The van der Waals surface area contributed by atoms with E-state index in [-0.39, 0.29) is 11.9 Å². The van der Waals surface area contributed by atoms with Gasteiger partial charge in [-0.15, -0.1) is 0 Å². The zero-order valence-corrected chi connectivity index (χ0v) is 17.7. The first-order chi connectivity index (χ1) is 16.0. The van der Waals surface area contributed by atoms with E-state index in [4.69, 9.17) is 15.5 Å². The highest BCUT2D eigenvalue weighted by Crippen LogP contribution is 2.47. The summed E-state index contributed by atoms with van der Waals surface area (Å²) in [4.78, 5) is 20.1. The maximum Gasteiger partial charge on any atom is 0.183 e. The van der Waals surface area contributed by atoms with E-state index in [0.717, 1.165) is 18.9 Å². The number of nitriles is 1. The van der Waals surface area contributed by atoms with E-state index < -0.39 is 17.0 Å². The van der Waals surface area contributed by atoms with Crippen LogP contribution in [-0.4, -0.2) is 39.1 Å². The lowest BCUT2D eigenvalue weighted by molar-refractivity contribution is 0.163. The molecule has 10 heteroatoms. The number of rotatable bonds is 5. The lowest BCUT2D eigenvalue weighted by atomic mass is 10.0. The Labute approximate surface area is 189 Å². The molecule has 0 spiro atoms. The Balaban J connectivity index is 1.38. The van der Waals surface area contributed by atoms with Gasteiger partial charge in [-0.3, -0.25) is 0 Å². The minimum absolute atomic E-state index is 0.0408. The molecule has 5 rings (SSSR count). The van der Waals surface area contributed by atoms with Crippen LogP contribution in [0.1, 0.15) is 31.4 Å². The number of nitrogens with two attached hydrogens (primary N) is 1. The molecule has 3 heterocycles. The van der Waals surface area contributed by atoms with Gasteiger partial charge in [0.1, 0.15) is 23.2 Å². The Morgan fingerprint density at radius 3 is 2.58 bits per heavy atom. The summed E-state index contributed by atoms with van der Waals surface area (Å²) in [6, 6.07) is 7.23. The van der Waals surface area contributed by atoms with Crippen LogP contribution in [0.25, 0.3) is 11.5 Å². The Kier molecular flexibility index (Phi) is 5.24. The lowest BCUT2D eigenvalue weighted by Crippen LogP contribution is -2.39. The van der Waals surface area contributed by atoms with E-state index in [9.17, 15) is 14.0 Å². The van der Waals surface area contributed by atoms with E-state index in [1.54, 1.807) is 18.5 Å². The van der Waals surface area contributed by atoms with Gasteiger partial charge in [0.15, 0.2) is 28.9 Å². The number of hydrogen-bond acceptors (Lipinski definition) is 8. The van der Waals surface area contributed by atoms with Crippen molar-refractivity contribution in [3.05, 3.63) is 54.0 Å². The molecule has 0 amide bonds. The third kappa shape index (κ3) is 4.14. The number of hydrogen-bond donors (Lipinski definition) is 1. The predicted molar refractivity (Wildman–Crippen MR) is 116 cm³/mol. The highest BCUT2D eigenvalue weighted by Gasteiger charge is 2.47. The van der Waals surface area contributed by atoms with Crippen LogP contribution in [-0.2, 0) is 5.41 Å². The highest BCUT2D eigenvalue weighted by molar-refractivity contribution is 5.68. The van der Waals surface area contributed by atoms with Gasteiger partial charge in [-0.25, -0.2) is 28.7 Å². The van der Waals surface area contributed by atoms with Gasteiger partial charge >= 0.3 is 0 Å². The van der Waals surface area contributed by atoms with E-state index in [1.807, 2.05) is 4.90 Å². The quantitative estimate of drug-likeness (QED) is 0.631. The van der Waals surface area contributed by atoms with Crippen molar-refractivity contribution >= 4 is 11.6 Å². The van der Waals surface area contributed by atoms with Crippen molar-refractivity contribution in [2.75, 3.05) is 23.7 Å². The second-order valence-corrected chi connectivity index (χ2v) is 8.31. The number of nitrogen functional groups attached to an aromatic ring is 1. The summed E-state index contributed by atoms with van der Waals surface area (Å²) in [5.74, 6) is -0.0553. The molecule has 2 fully saturated rings. The predicted octanol–water partition coefficient (Wildman–Crippen LogP) is 3.40. The van der Waals surface area contributed by atoms with Crippen LogP contribution < -0.4 is 15.4 Å². The number of piperidine rings is 1. The molecule has 2 aliphatic rings. The summed E-state index contributed by atoms with van der Waals surface area (Å²) in [7, 11) is 0. The molecule has 0 bridgehead atoms. The molecule has 1 saturated carbocycles. The molecular weight excluding hydrogens is 428 g/mol. The van der Waals surface area contributed by atoms with Crippen LogP contribution in [0.15, 0.2) is 36.7 Å². The molecule has 1 saturated heterocycles. The number of halogens is 2.